The molecule has 0 spiro atoms. The summed E-state index contributed by atoms with van der Waals surface area (Å²) in [6.45, 7) is 4.77. The van der Waals surface area contributed by atoms with Crippen LogP contribution in [0.5, 0.6) is 0 Å². The highest BCUT2D eigenvalue weighted by molar-refractivity contribution is 6.32. The van der Waals surface area contributed by atoms with Gasteiger partial charge in [0.2, 0.25) is 0 Å². The molecule has 2 aromatic rings. The second-order valence-electron chi connectivity index (χ2n) is 6.01. The Morgan fingerprint density at radius 3 is 2.68 bits per heavy atom. The number of aryl methyl sites for hydroxylation is 1. The molecule has 1 aliphatic heterocycles. The average molecular weight is 366 g/mol. The molecule has 134 valence electrons. The predicted molar refractivity (Wildman–Crippen MR) is 98.0 cm³/mol. The lowest BCUT2D eigenvalue weighted by molar-refractivity contribution is 0.266. The van der Waals surface area contributed by atoms with Crippen molar-refractivity contribution in [1.82, 2.24) is 14.7 Å². The second kappa shape index (κ2) is 7.84. The molecule has 25 heavy (non-hydrogen) atoms. The summed E-state index contributed by atoms with van der Waals surface area (Å²) < 4.78 is 15.1. The zero-order valence-electron chi connectivity index (χ0n) is 14.1. The molecule has 1 aromatic carbocycles. The molecule has 3 rings (SSSR count). The van der Waals surface area contributed by atoms with Gasteiger partial charge in [-0.25, -0.2) is 9.07 Å². The minimum Gasteiger partial charge on any atom is -0.381 e. The molecule has 1 aromatic heterocycles. The Labute approximate surface area is 150 Å². The number of para-hydroxylation sites is 1. The highest BCUT2D eigenvalue weighted by Gasteiger charge is 2.19. The summed E-state index contributed by atoms with van der Waals surface area (Å²) in [5, 5.41) is 7.27. The van der Waals surface area contributed by atoms with Crippen LogP contribution in [0, 0.1) is 5.82 Å². The fourth-order valence-corrected chi connectivity index (χ4v) is 3.14. The van der Waals surface area contributed by atoms with Gasteiger partial charge in [0.1, 0.15) is 10.8 Å². The lowest BCUT2D eigenvalue weighted by Gasteiger charge is -2.36. The van der Waals surface area contributed by atoms with Crippen molar-refractivity contribution in [2.75, 3.05) is 49.5 Å². The quantitative estimate of drug-likeness (QED) is 0.875. The minimum atomic E-state index is -0.315. The Morgan fingerprint density at radius 2 is 1.96 bits per heavy atom. The normalized spacial score (nSPS) is 15.4. The maximum Gasteiger partial charge on any atom is 0.287 e. The summed E-state index contributed by atoms with van der Waals surface area (Å²) in [7, 11) is 1.56. The van der Waals surface area contributed by atoms with Gasteiger partial charge >= 0.3 is 0 Å². The molecule has 0 bridgehead atoms. The van der Waals surface area contributed by atoms with E-state index in [4.69, 9.17) is 11.6 Å². The van der Waals surface area contributed by atoms with E-state index in [-0.39, 0.29) is 16.4 Å². The van der Waals surface area contributed by atoms with Crippen molar-refractivity contribution in [2.24, 2.45) is 7.05 Å². The minimum absolute atomic E-state index is 0.155. The summed E-state index contributed by atoms with van der Waals surface area (Å²) in [6, 6.07) is 6.87. The monoisotopic (exact) mass is 365 g/mol. The van der Waals surface area contributed by atoms with E-state index in [0.29, 0.717) is 17.9 Å². The summed E-state index contributed by atoms with van der Waals surface area (Å²) in [4.78, 5) is 16.1. The van der Waals surface area contributed by atoms with Gasteiger partial charge < -0.3 is 10.2 Å². The van der Waals surface area contributed by atoms with Gasteiger partial charge in [-0.2, -0.15) is 5.10 Å². The van der Waals surface area contributed by atoms with E-state index in [1.54, 1.807) is 19.3 Å². The number of rotatable bonds is 5. The fourth-order valence-electron chi connectivity index (χ4n) is 2.90. The molecule has 1 saturated heterocycles. The first kappa shape index (κ1) is 17.7. The van der Waals surface area contributed by atoms with Crippen LogP contribution in [-0.4, -0.2) is 53.9 Å². The Morgan fingerprint density at radius 1 is 1.24 bits per heavy atom. The van der Waals surface area contributed by atoms with Gasteiger partial charge in [0, 0.05) is 46.3 Å². The molecular formula is C17H21ClFN5O. The molecule has 6 nitrogen and oxygen atoms in total. The number of benzene rings is 1. The van der Waals surface area contributed by atoms with Gasteiger partial charge in [0.25, 0.3) is 5.56 Å². The third-order valence-corrected chi connectivity index (χ3v) is 4.75. The molecule has 0 unspecified atom stereocenters. The molecule has 0 atom stereocenters. The van der Waals surface area contributed by atoms with Gasteiger partial charge in [0.05, 0.1) is 17.6 Å². The molecule has 1 N–H and O–H groups in total. The molecular weight excluding hydrogens is 345 g/mol. The van der Waals surface area contributed by atoms with Crippen molar-refractivity contribution in [1.29, 1.82) is 0 Å². The molecule has 0 amide bonds. The van der Waals surface area contributed by atoms with Crippen LogP contribution in [0.25, 0.3) is 0 Å². The van der Waals surface area contributed by atoms with Crippen LogP contribution in [0.15, 0.2) is 35.3 Å². The number of nitrogens with one attached hydrogen (secondary N) is 1. The van der Waals surface area contributed by atoms with E-state index in [2.05, 4.69) is 20.2 Å². The van der Waals surface area contributed by atoms with Crippen LogP contribution in [-0.2, 0) is 7.05 Å². The second-order valence-corrected chi connectivity index (χ2v) is 6.39. The lowest BCUT2D eigenvalue weighted by atomic mass is 10.2. The lowest BCUT2D eigenvalue weighted by Crippen LogP contribution is -2.47. The number of halogens is 2. The van der Waals surface area contributed by atoms with Crippen LogP contribution in [0.4, 0.5) is 15.8 Å². The summed E-state index contributed by atoms with van der Waals surface area (Å²) in [5.74, 6) is -0.176. The molecule has 0 radical (unpaired) electrons. The summed E-state index contributed by atoms with van der Waals surface area (Å²) in [6.07, 6.45) is 1.56. The van der Waals surface area contributed by atoms with Gasteiger partial charge in [-0.3, -0.25) is 9.69 Å². The molecule has 1 fully saturated rings. The molecule has 0 saturated carbocycles. The van der Waals surface area contributed by atoms with Crippen molar-refractivity contribution in [3.05, 3.63) is 51.7 Å². The summed E-state index contributed by atoms with van der Waals surface area (Å²) in [5.41, 5.74) is 0.901. The topological polar surface area (TPSA) is 53.4 Å². The number of hydrogen-bond donors (Lipinski definition) is 1. The average Bonchev–Trinajstić information content (AvgIpc) is 2.63. The first-order valence-corrected chi connectivity index (χ1v) is 8.61. The molecule has 8 heteroatoms. The Bertz CT molecular complexity index is 789. The molecule has 2 heterocycles. The third kappa shape index (κ3) is 4.11. The van der Waals surface area contributed by atoms with Crippen LogP contribution < -0.4 is 15.8 Å². The van der Waals surface area contributed by atoms with Crippen molar-refractivity contribution >= 4 is 23.0 Å². The Kier molecular flexibility index (Phi) is 5.55. The van der Waals surface area contributed by atoms with E-state index < -0.39 is 0 Å². The molecule has 1 aliphatic rings. The third-order valence-electron chi connectivity index (χ3n) is 4.39. The fraction of sp³-hybridized carbons (Fsp3) is 0.412. The van der Waals surface area contributed by atoms with E-state index in [9.17, 15) is 9.18 Å². The summed E-state index contributed by atoms with van der Waals surface area (Å²) >= 11 is 6.03. The van der Waals surface area contributed by atoms with Crippen molar-refractivity contribution in [3.63, 3.8) is 0 Å². The Balaban J connectivity index is 1.48. The molecule has 0 aliphatic carbocycles. The highest BCUT2D eigenvalue weighted by atomic mass is 35.5. The maximum atomic E-state index is 13.8. The zero-order chi connectivity index (χ0) is 17.8. The standard InChI is InChI=1S/C17H21ClFN5O/c1-22-17(25)16(18)14(12-21-22)20-6-7-23-8-10-24(11-9-23)15-5-3-2-4-13(15)19/h2-5,12,20H,6-11H2,1H3. The number of hydrogen-bond acceptors (Lipinski definition) is 5. The van der Waals surface area contributed by atoms with Crippen molar-refractivity contribution in [2.45, 2.75) is 0 Å². The van der Waals surface area contributed by atoms with E-state index in [1.807, 2.05) is 12.1 Å². The maximum absolute atomic E-state index is 13.8. The van der Waals surface area contributed by atoms with E-state index >= 15 is 0 Å². The van der Waals surface area contributed by atoms with Crippen LogP contribution in [0.1, 0.15) is 0 Å². The van der Waals surface area contributed by atoms with Gasteiger partial charge in [-0.05, 0) is 12.1 Å². The van der Waals surface area contributed by atoms with E-state index in [1.165, 1.54) is 10.7 Å². The largest absolute Gasteiger partial charge is 0.381 e. The van der Waals surface area contributed by atoms with Gasteiger partial charge in [-0.1, -0.05) is 23.7 Å². The number of piperazine rings is 1. The van der Waals surface area contributed by atoms with Crippen molar-refractivity contribution < 1.29 is 4.39 Å². The van der Waals surface area contributed by atoms with Crippen LogP contribution in [0.2, 0.25) is 5.02 Å². The van der Waals surface area contributed by atoms with Gasteiger partial charge in [-0.15, -0.1) is 0 Å². The van der Waals surface area contributed by atoms with E-state index in [0.717, 1.165) is 32.7 Å². The first-order valence-electron chi connectivity index (χ1n) is 8.24. The predicted octanol–water partition coefficient (Wildman–Crippen LogP) is 1.81. The Hall–Kier alpha value is -2.12. The smallest absolute Gasteiger partial charge is 0.287 e. The van der Waals surface area contributed by atoms with Crippen LogP contribution >= 0.6 is 11.6 Å². The zero-order valence-corrected chi connectivity index (χ0v) is 14.8. The number of nitrogens with zero attached hydrogens (tertiary/aromatic N) is 4. The SMILES string of the molecule is Cn1ncc(NCCN2CCN(c3ccccc3F)CC2)c(Cl)c1=O. The first-order chi connectivity index (χ1) is 12.1. The van der Waals surface area contributed by atoms with Gasteiger partial charge in [0.15, 0.2) is 0 Å². The number of aromatic nitrogens is 2. The number of anilines is 2. The van der Waals surface area contributed by atoms with Crippen LogP contribution in [0.3, 0.4) is 0 Å². The highest BCUT2D eigenvalue weighted by Crippen LogP contribution is 2.20. The van der Waals surface area contributed by atoms with Crippen molar-refractivity contribution in [3.8, 4) is 0 Å².